The smallest absolute Gasteiger partial charge is 0.285 e. The van der Waals surface area contributed by atoms with Gasteiger partial charge in [-0.1, -0.05) is 12.1 Å². The predicted octanol–water partition coefficient (Wildman–Crippen LogP) is 3.61. The molecule has 162 valence electrons. The van der Waals surface area contributed by atoms with Gasteiger partial charge < -0.3 is 15.2 Å². The maximum Gasteiger partial charge on any atom is 0.285 e. The fraction of sp³-hybridized carbons (Fsp3) is 0.143. The Hall–Kier alpha value is -3.34. The molecule has 0 aliphatic heterocycles. The fourth-order valence-corrected chi connectivity index (χ4v) is 3.43. The van der Waals surface area contributed by atoms with Crippen LogP contribution in [0.5, 0.6) is 5.75 Å². The largest absolute Gasteiger partial charge is 0.497 e. The molecule has 0 unspecified atom stereocenters. The maximum absolute atomic E-state index is 14.7. The molecule has 0 radical (unpaired) electrons. The minimum absolute atomic E-state index is 0.0121. The number of aliphatic hydroxyl groups excluding tert-OH is 1. The van der Waals surface area contributed by atoms with Gasteiger partial charge in [0.05, 0.1) is 29.9 Å². The second-order valence-corrected chi connectivity index (χ2v) is 6.98. The lowest BCUT2D eigenvalue weighted by atomic mass is 10.0. The standard InChI is InChI=1S/C21H18F2N2O5S/c1-29-14-4-2-3-12(9-14)13-10-16(22)18(17(23)11-13)24-20(27)15-5-8-31-19(15)21(28)25-30-7-6-26/h2-5,8-11,26H,6-7H2,1H3,(H,24,27)(H,25,28)/i1D3. The molecule has 0 spiro atoms. The van der Waals surface area contributed by atoms with Gasteiger partial charge in [0.25, 0.3) is 11.8 Å². The van der Waals surface area contributed by atoms with Crippen molar-refractivity contribution in [3.8, 4) is 16.9 Å². The number of hydrogen-bond donors (Lipinski definition) is 3. The molecule has 0 bridgehead atoms. The number of carbonyl (C=O) groups is 2. The lowest BCUT2D eigenvalue weighted by Crippen LogP contribution is -2.26. The Morgan fingerprint density at radius 1 is 1.13 bits per heavy atom. The molecule has 1 heterocycles. The highest BCUT2D eigenvalue weighted by atomic mass is 32.1. The highest BCUT2D eigenvalue weighted by Gasteiger charge is 2.22. The molecule has 1 aromatic heterocycles. The van der Waals surface area contributed by atoms with E-state index >= 15 is 0 Å². The van der Waals surface area contributed by atoms with E-state index in [0.717, 1.165) is 23.5 Å². The molecule has 0 atom stereocenters. The number of thiophene rings is 1. The van der Waals surface area contributed by atoms with Crippen LogP contribution in [-0.2, 0) is 4.84 Å². The zero-order valence-corrected chi connectivity index (χ0v) is 16.6. The Bertz CT molecular complexity index is 1180. The molecule has 31 heavy (non-hydrogen) atoms. The van der Waals surface area contributed by atoms with E-state index in [4.69, 9.17) is 18.8 Å². The first-order valence-corrected chi connectivity index (χ1v) is 9.67. The average Bonchev–Trinajstić information content (AvgIpc) is 3.25. The van der Waals surface area contributed by atoms with Crippen molar-refractivity contribution in [1.82, 2.24) is 5.48 Å². The van der Waals surface area contributed by atoms with Gasteiger partial charge in [0.2, 0.25) is 0 Å². The van der Waals surface area contributed by atoms with Crippen molar-refractivity contribution >= 4 is 28.8 Å². The van der Waals surface area contributed by atoms with Crippen LogP contribution in [-0.4, -0.2) is 37.2 Å². The summed E-state index contributed by atoms with van der Waals surface area (Å²) in [4.78, 5) is 29.4. The van der Waals surface area contributed by atoms with Gasteiger partial charge >= 0.3 is 0 Å². The van der Waals surface area contributed by atoms with E-state index in [2.05, 4.69) is 5.32 Å². The normalized spacial score (nSPS) is 12.4. The first kappa shape index (κ1) is 18.4. The average molecular weight is 451 g/mol. The molecule has 0 aliphatic carbocycles. The quantitative estimate of drug-likeness (QED) is 0.359. The van der Waals surface area contributed by atoms with E-state index in [1.54, 1.807) is 0 Å². The molecule has 0 aliphatic rings. The third-order valence-corrected chi connectivity index (χ3v) is 4.95. The van der Waals surface area contributed by atoms with Crippen LogP contribution in [0.1, 0.15) is 24.1 Å². The van der Waals surface area contributed by atoms with Crippen LogP contribution < -0.4 is 15.5 Å². The van der Waals surface area contributed by atoms with Crippen LogP contribution >= 0.6 is 11.3 Å². The summed E-state index contributed by atoms with van der Waals surface area (Å²) in [6.45, 7) is -0.490. The van der Waals surface area contributed by atoms with Gasteiger partial charge in [-0.25, -0.2) is 14.3 Å². The topological polar surface area (TPSA) is 96.9 Å². The number of amides is 2. The summed E-state index contributed by atoms with van der Waals surface area (Å²) in [5.74, 6) is -3.87. The number of methoxy groups -OCH3 is 1. The highest BCUT2D eigenvalue weighted by Crippen LogP contribution is 2.30. The predicted molar refractivity (Wildman–Crippen MR) is 111 cm³/mol. The van der Waals surface area contributed by atoms with Crippen LogP contribution in [0.2, 0.25) is 0 Å². The third-order valence-electron chi connectivity index (χ3n) is 4.04. The molecule has 0 fully saturated rings. The molecule has 7 nitrogen and oxygen atoms in total. The van der Waals surface area contributed by atoms with Crippen molar-refractivity contribution in [1.29, 1.82) is 0 Å². The van der Waals surface area contributed by atoms with Crippen molar-refractivity contribution in [3.63, 3.8) is 0 Å². The lowest BCUT2D eigenvalue weighted by Gasteiger charge is -2.11. The molecule has 0 saturated heterocycles. The Morgan fingerprint density at radius 2 is 1.90 bits per heavy atom. The zero-order chi connectivity index (χ0) is 24.9. The van der Waals surface area contributed by atoms with Gasteiger partial charge in [0, 0.05) is 0 Å². The summed E-state index contributed by atoms with van der Waals surface area (Å²) in [5, 5.41) is 12.2. The fourth-order valence-electron chi connectivity index (χ4n) is 2.65. The monoisotopic (exact) mass is 451 g/mol. The number of anilines is 1. The minimum Gasteiger partial charge on any atom is -0.497 e. The van der Waals surface area contributed by atoms with E-state index in [-0.39, 0.29) is 40.5 Å². The highest BCUT2D eigenvalue weighted by molar-refractivity contribution is 7.12. The summed E-state index contributed by atoms with van der Waals surface area (Å²) in [6.07, 6.45) is 0. The lowest BCUT2D eigenvalue weighted by molar-refractivity contribution is 0.0170. The molecule has 3 aromatic rings. The number of aliphatic hydroxyl groups is 1. The van der Waals surface area contributed by atoms with E-state index in [0.29, 0.717) is 0 Å². The van der Waals surface area contributed by atoms with Gasteiger partial charge in [-0.2, -0.15) is 0 Å². The Balaban J connectivity index is 1.81. The van der Waals surface area contributed by atoms with E-state index < -0.39 is 36.2 Å². The summed E-state index contributed by atoms with van der Waals surface area (Å²) in [5.41, 5.74) is 1.57. The van der Waals surface area contributed by atoms with Crippen LogP contribution in [0, 0.1) is 11.6 Å². The number of rotatable bonds is 8. The van der Waals surface area contributed by atoms with Crippen LogP contribution in [0.25, 0.3) is 11.1 Å². The van der Waals surface area contributed by atoms with E-state index in [1.807, 2.05) is 5.48 Å². The van der Waals surface area contributed by atoms with Crippen molar-refractivity contribution in [2.24, 2.45) is 0 Å². The van der Waals surface area contributed by atoms with Crippen LogP contribution in [0.15, 0.2) is 47.8 Å². The third kappa shape index (κ3) is 5.23. The first-order valence-electron chi connectivity index (χ1n) is 10.3. The van der Waals surface area contributed by atoms with E-state index in [9.17, 15) is 18.4 Å². The first-order chi connectivity index (χ1) is 16.1. The maximum atomic E-state index is 14.7. The summed E-state index contributed by atoms with van der Waals surface area (Å²) >= 11 is 0.913. The van der Waals surface area contributed by atoms with E-state index in [1.165, 1.54) is 35.7 Å². The Kier molecular flexibility index (Phi) is 6.01. The molecule has 2 aromatic carbocycles. The van der Waals surface area contributed by atoms with Crippen molar-refractivity contribution in [2.45, 2.75) is 0 Å². The molecular formula is C21H18F2N2O5S. The molecule has 10 heteroatoms. The second kappa shape index (κ2) is 10.1. The zero-order valence-electron chi connectivity index (χ0n) is 18.8. The van der Waals surface area contributed by atoms with Crippen molar-refractivity contribution < 1.29 is 37.2 Å². The number of hydrogen-bond acceptors (Lipinski definition) is 6. The molecule has 3 rings (SSSR count). The molecular weight excluding hydrogens is 430 g/mol. The molecule has 0 saturated carbocycles. The SMILES string of the molecule is [2H]C([2H])([2H])Oc1cccc(-c2cc(F)c(NC(=O)c3ccsc3C(=O)NOCCO)c(F)c2)c1. The number of benzene rings is 2. The van der Waals surface area contributed by atoms with Gasteiger partial charge in [-0.3, -0.25) is 14.4 Å². The van der Waals surface area contributed by atoms with Crippen LogP contribution in [0.4, 0.5) is 14.5 Å². The Morgan fingerprint density at radius 3 is 2.61 bits per heavy atom. The minimum atomic E-state index is -2.69. The number of halogens is 2. The van der Waals surface area contributed by atoms with Gasteiger partial charge in [-0.05, 0) is 46.8 Å². The number of nitrogens with one attached hydrogen (secondary N) is 2. The van der Waals surface area contributed by atoms with Crippen molar-refractivity contribution in [2.75, 3.05) is 25.6 Å². The van der Waals surface area contributed by atoms with Gasteiger partial charge in [0.15, 0.2) is 0 Å². The van der Waals surface area contributed by atoms with Gasteiger partial charge in [0.1, 0.15) is 27.9 Å². The number of carbonyl (C=O) groups excluding carboxylic acids is 2. The molecule has 3 N–H and O–H groups in total. The van der Waals surface area contributed by atoms with Crippen LogP contribution in [0.3, 0.4) is 0 Å². The number of ether oxygens (including phenoxy) is 1. The Labute approximate surface area is 184 Å². The molecule has 2 amide bonds. The second-order valence-electron chi connectivity index (χ2n) is 6.07. The van der Waals surface area contributed by atoms with Crippen molar-refractivity contribution in [3.05, 3.63) is 69.9 Å². The number of hydroxylamine groups is 1. The summed E-state index contributed by atoms with van der Waals surface area (Å²) in [7, 11) is -2.69. The summed E-state index contributed by atoms with van der Waals surface area (Å²) in [6, 6.07) is 8.92. The van der Waals surface area contributed by atoms with Gasteiger partial charge in [-0.15, -0.1) is 11.3 Å². The summed E-state index contributed by atoms with van der Waals surface area (Å²) < 4.78 is 55.8.